The molecule has 0 bridgehead atoms. The SMILES string of the molecule is Cc1cc(Nc2nc(Sc3ccc(NC(=O)C4CC4)cc3)nc(N3CCN(C)CC3)c2CO)n[nH]1. The van der Waals surface area contributed by atoms with Crippen molar-refractivity contribution in [2.45, 2.75) is 36.4 Å². The smallest absolute Gasteiger partial charge is 0.227 e. The molecule has 2 aromatic heterocycles. The number of rotatable bonds is 8. The van der Waals surface area contributed by atoms with E-state index in [9.17, 15) is 9.90 Å². The quantitative estimate of drug-likeness (QED) is 0.350. The first-order chi connectivity index (χ1) is 17.0. The lowest BCUT2D eigenvalue weighted by Crippen LogP contribution is -2.45. The summed E-state index contributed by atoms with van der Waals surface area (Å²) < 4.78 is 0. The third-order valence-electron chi connectivity index (χ3n) is 6.16. The number of hydrogen-bond donors (Lipinski definition) is 4. The van der Waals surface area contributed by atoms with Gasteiger partial charge in [-0.15, -0.1) is 0 Å². The highest BCUT2D eigenvalue weighted by atomic mass is 32.2. The van der Waals surface area contributed by atoms with Crippen LogP contribution in [0.15, 0.2) is 40.4 Å². The molecule has 0 radical (unpaired) electrons. The molecule has 35 heavy (non-hydrogen) atoms. The van der Waals surface area contributed by atoms with Crippen LogP contribution in [0.1, 0.15) is 24.1 Å². The van der Waals surface area contributed by atoms with Gasteiger partial charge in [0.05, 0.1) is 12.2 Å². The van der Waals surface area contributed by atoms with Crippen molar-refractivity contribution in [3.63, 3.8) is 0 Å². The second-order valence-corrected chi connectivity index (χ2v) is 10.1. The van der Waals surface area contributed by atoms with Crippen molar-refractivity contribution < 1.29 is 9.90 Å². The number of carbonyl (C=O) groups is 1. The van der Waals surface area contributed by atoms with Gasteiger partial charge in [0.15, 0.2) is 11.0 Å². The predicted molar refractivity (Wildman–Crippen MR) is 136 cm³/mol. The Balaban J connectivity index is 1.42. The fourth-order valence-corrected chi connectivity index (χ4v) is 4.68. The highest BCUT2D eigenvalue weighted by molar-refractivity contribution is 7.99. The van der Waals surface area contributed by atoms with Crippen molar-refractivity contribution in [1.82, 2.24) is 25.1 Å². The van der Waals surface area contributed by atoms with Crippen LogP contribution in [-0.2, 0) is 11.4 Å². The molecular weight excluding hydrogens is 464 g/mol. The predicted octanol–water partition coefficient (Wildman–Crippen LogP) is 3.00. The summed E-state index contributed by atoms with van der Waals surface area (Å²) in [4.78, 5) is 27.1. The Bertz CT molecular complexity index is 1190. The van der Waals surface area contributed by atoms with Crippen LogP contribution in [0.25, 0.3) is 0 Å². The molecule has 11 heteroatoms. The number of H-pyrrole nitrogens is 1. The number of piperazine rings is 1. The number of nitrogens with zero attached hydrogens (tertiary/aromatic N) is 5. The van der Waals surface area contributed by atoms with E-state index in [0.29, 0.717) is 22.4 Å². The molecule has 1 amide bonds. The third kappa shape index (κ3) is 5.75. The maximum absolute atomic E-state index is 12.0. The number of aromatic nitrogens is 4. The number of likely N-dealkylation sites (N-methyl/N-ethyl adjacent to an activating group) is 1. The molecule has 184 valence electrons. The van der Waals surface area contributed by atoms with Gasteiger partial charge in [0, 0.05) is 54.4 Å². The first-order valence-electron chi connectivity index (χ1n) is 11.8. The lowest BCUT2D eigenvalue weighted by Gasteiger charge is -2.34. The molecule has 0 spiro atoms. The number of aliphatic hydroxyl groups excluding tert-OH is 1. The fourth-order valence-electron chi connectivity index (χ4n) is 3.93. The van der Waals surface area contributed by atoms with Crippen LogP contribution < -0.4 is 15.5 Å². The van der Waals surface area contributed by atoms with Crippen molar-refractivity contribution in [2.24, 2.45) is 5.92 Å². The molecule has 1 saturated carbocycles. The minimum absolute atomic E-state index is 0.0921. The number of carbonyl (C=O) groups excluding carboxylic acids is 1. The first-order valence-corrected chi connectivity index (χ1v) is 12.6. The van der Waals surface area contributed by atoms with Crippen LogP contribution in [0.2, 0.25) is 0 Å². The van der Waals surface area contributed by atoms with E-state index in [0.717, 1.165) is 61.1 Å². The van der Waals surface area contributed by atoms with Gasteiger partial charge in [-0.05, 0) is 62.8 Å². The van der Waals surface area contributed by atoms with Crippen LogP contribution in [0.4, 0.5) is 23.1 Å². The minimum Gasteiger partial charge on any atom is -0.391 e. The molecule has 2 fully saturated rings. The Morgan fingerprint density at radius 1 is 1.17 bits per heavy atom. The number of hydrogen-bond acceptors (Lipinski definition) is 9. The van der Waals surface area contributed by atoms with Crippen LogP contribution in [0.3, 0.4) is 0 Å². The number of anilines is 4. The highest BCUT2D eigenvalue weighted by Gasteiger charge is 2.29. The van der Waals surface area contributed by atoms with Gasteiger partial charge in [0.1, 0.15) is 11.6 Å². The average molecular weight is 495 g/mol. The maximum atomic E-state index is 12.0. The molecule has 3 heterocycles. The number of amides is 1. The summed E-state index contributed by atoms with van der Waals surface area (Å²) in [6, 6.07) is 9.60. The van der Waals surface area contributed by atoms with Gasteiger partial charge in [0.25, 0.3) is 0 Å². The molecule has 1 aromatic carbocycles. The second-order valence-electron chi connectivity index (χ2n) is 9.06. The molecule has 0 atom stereocenters. The monoisotopic (exact) mass is 494 g/mol. The van der Waals surface area contributed by atoms with Crippen molar-refractivity contribution >= 4 is 40.8 Å². The van der Waals surface area contributed by atoms with Gasteiger partial charge in [-0.3, -0.25) is 9.89 Å². The van der Waals surface area contributed by atoms with E-state index in [1.165, 1.54) is 11.8 Å². The Morgan fingerprint density at radius 3 is 2.54 bits per heavy atom. The molecule has 1 aliphatic heterocycles. The lowest BCUT2D eigenvalue weighted by molar-refractivity contribution is -0.117. The summed E-state index contributed by atoms with van der Waals surface area (Å²) >= 11 is 1.44. The second kappa shape index (κ2) is 10.2. The van der Waals surface area contributed by atoms with Gasteiger partial charge >= 0.3 is 0 Å². The van der Waals surface area contributed by atoms with E-state index in [1.807, 2.05) is 37.3 Å². The van der Waals surface area contributed by atoms with Gasteiger partial charge in [-0.25, -0.2) is 9.97 Å². The Kier molecular flexibility index (Phi) is 6.89. The largest absolute Gasteiger partial charge is 0.391 e. The third-order valence-corrected chi connectivity index (χ3v) is 7.03. The molecule has 10 nitrogen and oxygen atoms in total. The van der Waals surface area contributed by atoms with Crippen molar-refractivity contribution in [1.29, 1.82) is 0 Å². The van der Waals surface area contributed by atoms with Crippen molar-refractivity contribution in [2.75, 3.05) is 48.8 Å². The maximum Gasteiger partial charge on any atom is 0.227 e. The number of aryl methyl sites for hydroxylation is 1. The van der Waals surface area contributed by atoms with Crippen LogP contribution in [-0.4, -0.2) is 69.3 Å². The van der Waals surface area contributed by atoms with Gasteiger partial charge < -0.3 is 25.5 Å². The zero-order valence-electron chi connectivity index (χ0n) is 19.9. The van der Waals surface area contributed by atoms with Crippen molar-refractivity contribution in [3.8, 4) is 0 Å². The standard InChI is InChI=1S/C24H30N8O2S/c1-15-13-20(30-29-15)26-21-19(14-33)22(32-11-9-31(2)10-12-32)28-24(27-21)35-18-7-5-17(6-8-18)25-23(34)16-3-4-16/h5-8,13,16,33H,3-4,9-12,14H2,1-2H3,(H,25,34)(H2,26,27,28,29,30). The molecule has 2 aliphatic rings. The van der Waals surface area contributed by atoms with E-state index >= 15 is 0 Å². The van der Waals surface area contributed by atoms with E-state index in [4.69, 9.17) is 9.97 Å². The van der Waals surface area contributed by atoms with Gasteiger partial charge in [-0.1, -0.05) is 0 Å². The minimum atomic E-state index is -0.187. The topological polar surface area (TPSA) is 122 Å². The Morgan fingerprint density at radius 2 is 1.91 bits per heavy atom. The molecule has 0 unspecified atom stereocenters. The van der Waals surface area contributed by atoms with Crippen molar-refractivity contribution in [3.05, 3.63) is 41.6 Å². The fraction of sp³-hybridized carbons (Fsp3) is 0.417. The van der Waals surface area contributed by atoms with E-state index in [-0.39, 0.29) is 18.4 Å². The molecule has 1 saturated heterocycles. The highest BCUT2D eigenvalue weighted by Crippen LogP contribution is 2.34. The normalized spacial score (nSPS) is 16.4. The summed E-state index contributed by atoms with van der Waals surface area (Å²) in [6.07, 6.45) is 1.95. The van der Waals surface area contributed by atoms with Gasteiger partial charge in [0.2, 0.25) is 5.91 Å². The summed E-state index contributed by atoms with van der Waals surface area (Å²) in [5.74, 6) is 2.17. The van der Waals surface area contributed by atoms with Gasteiger partial charge in [-0.2, -0.15) is 5.10 Å². The van der Waals surface area contributed by atoms with E-state index in [2.05, 4.69) is 37.7 Å². The van der Waals surface area contributed by atoms with E-state index < -0.39 is 0 Å². The summed E-state index contributed by atoms with van der Waals surface area (Å²) in [7, 11) is 2.11. The average Bonchev–Trinajstić information content (AvgIpc) is 3.63. The zero-order valence-corrected chi connectivity index (χ0v) is 20.7. The molecule has 1 aliphatic carbocycles. The molecule has 3 aromatic rings. The Labute approximate surface area is 208 Å². The molecule has 4 N–H and O–H groups in total. The van der Waals surface area contributed by atoms with Crippen LogP contribution in [0, 0.1) is 12.8 Å². The first kappa shape index (κ1) is 23.6. The van der Waals surface area contributed by atoms with Crippen LogP contribution >= 0.6 is 11.8 Å². The van der Waals surface area contributed by atoms with Crippen LogP contribution in [0.5, 0.6) is 0 Å². The number of benzene rings is 1. The number of aromatic amines is 1. The summed E-state index contributed by atoms with van der Waals surface area (Å²) in [5, 5.41) is 24.2. The Hall–Kier alpha value is -3.15. The lowest BCUT2D eigenvalue weighted by atomic mass is 10.2. The molecule has 5 rings (SSSR count). The summed E-state index contributed by atoms with van der Waals surface area (Å²) in [5.41, 5.74) is 2.37. The zero-order chi connectivity index (χ0) is 24.4. The molecular formula is C24H30N8O2S. The number of nitrogens with one attached hydrogen (secondary N) is 3. The number of aliphatic hydroxyl groups is 1. The summed E-state index contributed by atoms with van der Waals surface area (Å²) in [6.45, 7) is 5.23. The van der Waals surface area contributed by atoms with E-state index in [1.54, 1.807) is 0 Å².